The van der Waals surface area contributed by atoms with E-state index < -0.39 is 0 Å². The summed E-state index contributed by atoms with van der Waals surface area (Å²) >= 11 is 1.76. The first kappa shape index (κ1) is 21.8. The molecule has 0 radical (unpaired) electrons. The van der Waals surface area contributed by atoms with Crippen molar-refractivity contribution in [1.82, 2.24) is 0 Å². The Morgan fingerprint density at radius 2 is 1.31 bits per heavy atom. The molecule has 0 heterocycles. The summed E-state index contributed by atoms with van der Waals surface area (Å²) < 4.78 is 11.7. The van der Waals surface area contributed by atoms with Gasteiger partial charge < -0.3 is 9.47 Å². The Morgan fingerprint density at radius 1 is 0.688 bits per heavy atom. The van der Waals surface area contributed by atoms with Crippen LogP contribution < -0.4 is 4.74 Å². The molecule has 2 nitrogen and oxygen atoms in total. The maximum atomic E-state index is 6.31. The van der Waals surface area contributed by atoms with Gasteiger partial charge in [0.25, 0.3) is 0 Å². The summed E-state index contributed by atoms with van der Waals surface area (Å²) in [5, 5.41) is 0. The van der Waals surface area contributed by atoms with Crippen LogP contribution >= 0.6 is 11.8 Å². The average Bonchev–Trinajstić information content (AvgIpc) is 2.86. The number of ether oxygens (including phenoxy) is 2. The van der Waals surface area contributed by atoms with Crippen molar-refractivity contribution in [3.63, 3.8) is 0 Å². The molecule has 0 saturated heterocycles. The van der Waals surface area contributed by atoms with Gasteiger partial charge in [-0.3, -0.25) is 0 Å². The van der Waals surface area contributed by atoms with E-state index in [-0.39, 0.29) is 0 Å². The lowest BCUT2D eigenvalue weighted by atomic mass is 9.94. The predicted molar refractivity (Wildman–Crippen MR) is 134 cm³/mol. The lowest BCUT2D eigenvalue weighted by Crippen LogP contribution is -2.01. The van der Waals surface area contributed by atoms with E-state index in [1.807, 2.05) is 31.2 Å². The van der Waals surface area contributed by atoms with Gasteiger partial charge in [-0.1, -0.05) is 78.5 Å². The first-order valence-electron chi connectivity index (χ1n) is 10.7. The van der Waals surface area contributed by atoms with E-state index in [2.05, 4.69) is 84.9 Å². The summed E-state index contributed by atoms with van der Waals surface area (Å²) in [5.74, 6) is 1.69. The monoisotopic (exact) mass is 438 g/mol. The van der Waals surface area contributed by atoms with Crippen molar-refractivity contribution in [1.29, 1.82) is 0 Å². The smallest absolute Gasteiger partial charge is 0.134 e. The fourth-order valence-corrected chi connectivity index (χ4v) is 4.55. The highest BCUT2D eigenvalue weighted by atomic mass is 32.2. The summed E-state index contributed by atoms with van der Waals surface area (Å²) in [4.78, 5) is 2.39. The molecule has 0 aliphatic carbocycles. The van der Waals surface area contributed by atoms with Crippen LogP contribution in [0.1, 0.15) is 23.6 Å². The molecular formula is C29H26O2S. The highest BCUT2D eigenvalue weighted by Gasteiger charge is 2.19. The number of benzene rings is 4. The first-order chi connectivity index (χ1) is 15.8. The molecule has 0 bridgehead atoms. The van der Waals surface area contributed by atoms with Crippen LogP contribution in [0.4, 0.5) is 0 Å². The third kappa shape index (κ3) is 5.06. The van der Waals surface area contributed by atoms with Crippen LogP contribution in [-0.2, 0) is 4.74 Å². The Balaban J connectivity index is 1.93. The highest BCUT2D eigenvalue weighted by Crippen LogP contribution is 2.40. The Labute approximate surface area is 194 Å². The van der Waals surface area contributed by atoms with Gasteiger partial charge in [-0.25, -0.2) is 0 Å². The zero-order valence-electron chi connectivity index (χ0n) is 18.3. The molecule has 0 unspecified atom stereocenters. The molecule has 0 saturated carbocycles. The number of rotatable bonds is 8. The van der Waals surface area contributed by atoms with Gasteiger partial charge in [-0.05, 0) is 60.5 Å². The van der Waals surface area contributed by atoms with E-state index in [9.17, 15) is 0 Å². The molecule has 32 heavy (non-hydrogen) atoms. The van der Waals surface area contributed by atoms with Crippen LogP contribution in [0.15, 0.2) is 119 Å². The first-order valence-corrected chi connectivity index (χ1v) is 11.5. The SMILES string of the molecule is CCO/C(=C(/c1ccccc1)c1ccccc1Sc1ccccc1)c1ccc(OC)cc1. The van der Waals surface area contributed by atoms with Gasteiger partial charge in [-0.15, -0.1) is 0 Å². The summed E-state index contributed by atoms with van der Waals surface area (Å²) in [5.41, 5.74) is 4.36. The van der Waals surface area contributed by atoms with Crippen molar-refractivity contribution in [3.05, 3.63) is 126 Å². The molecule has 0 spiro atoms. The lowest BCUT2D eigenvalue weighted by molar-refractivity contribution is 0.299. The number of hydrogen-bond acceptors (Lipinski definition) is 3. The Morgan fingerprint density at radius 3 is 1.97 bits per heavy atom. The number of methoxy groups -OCH3 is 1. The van der Waals surface area contributed by atoms with Gasteiger partial charge in [0.15, 0.2) is 0 Å². The summed E-state index contributed by atoms with van der Waals surface area (Å²) in [6.07, 6.45) is 0. The molecule has 3 heteroatoms. The van der Waals surface area contributed by atoms with Crippen LogP contribution in [0.5, 0.6) is 5.75 Å². The van der Waals surface area contributed by atoms with Crippen molar-refractivity contribution in [2.75, 3.05) is 13.7 Å². The quantitative estimate of drug-likeness (QED) is 0.206. The van der Waals surface area contributed by atoms with Crippen LogP contribution in [0, 0.1) is 0 Å². The van der Waals surface area contributed by atoms with Gasteiger partial charge in [0.1, 0.15) is 11.5 Å². The van der Waals surface area contributed by atoms with Crippen LogP contribution in [0.3, 0.4) is 0 Å². The van der Waals surface area contributed by atoms with Crippen molar-refractivity contribution in [2.45, 2.75) is 16.7 Å². The molecule has 4 aromatic rings. The minimum absolute atomic E-state index is 0.575. The minimum atomic E-state index is 0.575. The zero-order valence-corrected chi connectivity index (χ0v) is 19.1. The summed E-state index contributed by atoms with van der Waals surface area (Å²) in [6.45, 7) is 2.60. The van der Waals surface area contributed by atoms with Crippen molar-refractivity contribution in [3.8, 4) is 5.75 Å². The fourth-order valence-electron chi connectivity index (χ4n) is 3.58. The van der Waals surface area contributed by atoms with Gasteiger partial charge in [-0.2, -0.15) is 0 Å². The molecule has 0 atom stereocenters. The molecule has 0 amide bonds. The van der Waals surface area contributed by atoms with Gasteiger partial charge in [0, 0.05) is 20.9 Å². The second kappa shape index (κ2) is 10.7. The molecule has 4 rings (SSSR count). The van der Waals surface area contributed by atoms with Crippen LogP contribution in [-0.4, -0.2) is 13.7 Å². The standard InChI is InChI=1S/C29H26O2S/c1-3-31-29(23-18-20-24(30-2)21-19-23)28(22-12-6-4-7-13-22)26-16-10-11-17-27(26)32-25-14-8-5-9-15-25/h4-21H,3H2,1-2H3/b29-28-. The highest BCUT2D eigenvalue weighted by molar-refractivity contribution is 7.99. The van der Waals surface area contributed by atoms with Crippen LogP contribution in [0.2, 0.25) is 0 Å². The van der Waals surface area contributed by atoms with Gasteiger partial charge in [0.2, 0.25) is 0 Å². The molecule has 160 valence electrons. The fraction of sp³-hybridized carbons (Fsp3) is 0.103. The van der Waals surface area contributed by atoms with Gasteiger partial charge >= 0.3 is 0 Å². The van der Waals surface area contributed by atoms with Crippen LogP contribution in [0.25, 0.3) is 11.3 Å². The largest absolute Gasteiger partial charge is 0.497 e. The second-order valence-electron chi connectivity index (χ2n) is 7.14. The third-order valence-electron chi connectivity index (χ3n) is 5.06. The Hall–Kier alpha value is -3.43. The molecule has 4 aromatic carbocycles. The molecule has 0 aromatic heterocycles. The lowest BCUT2D eigenvalue weighted by Gasteiger charge is -2.19. The Kier molecular flexibility index (Phi) is 7.31. The molecule has 0 aliphatic heterocycles. The molecule has 0 fully saturated rings. The van der Waals surface area contributed by atoms with E-state index in [0.29, 0.717) is 6.61 Å². The predicted octanol–water partition coefficient (Wildman–Crippen LogP) is 7.80. The van der Waals surface area contributed by atoms with Crippen molar-refractivity contribution >= 4 is 23.1 Å². The minimum Gasteiger partial charge on any atom is -0.497 e. The van der Waals surface area contributed by atoms with Crippen molar-refractivity contribution in [2.24, 2.45) is 0 Å². The van der Waals surface area contributed by atoms with E-state index in [4.69, 9.17) is 9.47 Å². The summed E-state index contributed by atoms with van der Waals surface area (Å²) in [6, 6.07) is 37.5. The maximum absolute atomic E-state index is 6.31. The van der Waals surface area contributed by atoms with Crippen molar-refractivity contribution < 1.29 is 9.47 Å². The molecule has 0 aliphatic rings. The van der Waals surface area contributed by atoms with E-state index in [1.165, 1.54) is 9.79 Å². The normalized spacial score (nSPS) is 11.6. The maximum Gasteiger partial charge on any atom is 0.134 e. The van der Waals surface area contributed by atoms with E-state index in [1.54, 1.807) is 18.9 Å². The summed E-state index contributed by atoms with van der Waals surface area (Å²) in [7, 11) is 1.68. The number of hydrogen-bond donors (Lipinski definition) is 0. The molecular weight excluding hydrogens is 412 g/mol. The van der Waals surface area contributed by atoms with E-state index >= 15 is 0 Å². The van der Waals surface area contributed by atoms with Gasteiger partial charge in [0.05, 0.1) is 13.7 Å². The zero-order chi connectivity index (χ0) is 22.2. The third-order valence-corrected chi connectivity index (χ3v) is 6.14. The average molecular weight is 439 g/mol. The Bertz CT molecular complexity index is 1170. The topological polar surface area (TPSA) is 18.5 Å². The van der Waals surface area contributed by atoms with E-state index in [0.717, 1.165) is 33.8 Å². The second-order valence-corrected chi connectivity index (χ2v) is 8.26. The molecule has 0 N–H and O–H groups in total.